The number of hydrogen-bond donors (Lipinski definition) is 1. The highest BCUT2D eigenvalue weighted by molar-refractivity contribution is 6.07. The van der Waals surface area contributed by atoms with Crippen LogP contribution in [0.3, 0.4) is 0 Å². The van der Waals surface area contributed by atoms with Gasteiger partial charge in [-0.1, -0.05) is 24.3 Å². The maximum absolute atomic E-state index is 12.5. The van der Waals surface area contributed by atoms with Gasteiger partial charge in [-0.2, -0.15) is 0 Å². The largest absolute Gasteiger partial charge is 0.493 e. The van der Waals surface area contributed by atoms with Crippen LogP contribution in [0.5, 0.6) is 5.75 Å². The van der Waals surface area contributed by atoms with Crippen molar-refractivity contribution in [1.82, 2.24) is 4.98 Å². The molecule has 194 valence electrons. The third-order valence-electron chi connectivity index (χ3n) is 7.59. The summed E-state index contributed by atoms with van der Waals surface area (Å²) < 4.78 is 18.6. The molecule has 0 saturated heterocycles. The number of aromatic nitrogens is 1. The van der Waals surface area contributed by atoms with Gasteiger partial charge in [0.25, 0.3) is 0 Å². The van der Waals surface area contributed by atoms with E-state index in [0.717, 1.165) is 47.8 Å². The van der Waals surface area contributed by atoms with E-state index in [1.165, 1.54) is 0 Å². The predicted octanol–water partition coefficient (Wildman–Crippen LogP) is 7.72. The lowest BCUT2D eigenvalue weighted by Gasteiger charge is -2.38. The highest BCUT2D eigenvalue weighted by Gasteiger charge is 2.33. The Balaban J connectivity index is 1.47. The monoisotopic (exact) mass is 501 g/mol. The van der Waals surface area contributed by atoms with E-state index in [9.17, 15) is 9.90 Å². The van der Waals surface area contributed by atoms with E-state index in [2.05, 4.69) is 20.8 Å². The molecule has 2 aromatic carbocycles. The lowest BCUT2D eigenvalue weighted by Crippen LogP contribution is -2.37. The van der Waals surface area contributed by atoms with Crippen LogP contribution in [0.1, 0.15) is 67.9 Å². The number of nitrogens with zero attached hydrogens (tertiary/aromatic N) is 1. The van der Waals surface area contributed by atoms with Crippen LogP contribution in [0.4, 0.5) is 0 Å². The summed E-state index contributed by atoms with van der Waals surface area (Å²) in [6.07, 6.45) is 4.25. The topological polar surface area (TPSA) is 81.8 Å². The Bertz CT molecular complexity index is 1460. The number of pyridine rings is 1. The fraction of sp³-hybridized carbons (Fsp3) is 0.419. The second-order valence-electron chi connectivity index (χ2n) is 10.9. The molecule has 37 heavy (non-hydrogen) atoms. The summed E-state index contributed by atoms with van der Waals surface area (Å²) >= 11 is 0. The number of carboxylic acid groups (broad SMARTS) is 1. The lowest BCUT2D eigenvalue weighted by atomic mass is 9.80. The molecule has 0 radical (unpaired) electrons. The summed E-state index contributed by atoms with van der Waals surface area (Å²) in [4.78, 5) is 17.3. The second kappa shape index (κ2) is 9.82. The van der Waals surface area contributed by atoms with Crippen LogP contribution in [0.2, 0.25) is 0 Å². The summed E-state index contributed by atoms with van der Waals surface area (Å²) in [5.74, 6) is 0.534. The zero-order valence-electron chi connectivity index (χ0n) is 22.3. The maximum atomic E-state index is 12.5. The molecule has 0 atom stereocenters. The number of para-hydroxylation sites is 1. The van der Waals surface area contributed by atoms with Gasteiger partial charge in [-0.05, 0) is 90.0 Å². The highest BCUT2D eigenvalue weighted by Crippen LogP contribution is 2.39. The minimum Gasteiger partial charge on any atom is -0.493 e. The van der Waals surface area contributed by atoms with Crippen molar-refractivity contribution in [3.63, 3.8) is 0 Å². The molecule has 0 bridgehead atoms. The van der Waals surface area contributed by atoms with E-state index >= 15 is 0 Å². The zero-order valence-corrected chi connectivity index (χ0v) is 22.3. The number of aryl methyl sites for hydroxylation is 2. The average Bonchev–Trinajstić information content (AvgIpc) is 3.20. The van der Waals surface area contributed by atoms with Gasteiger partial charge in [0.2, 0.25) is 0 Å². The number of furan rings is 1. The van der Waals surface area contributed by atoms with Crippen LogP contribution >= 0.6 is 0 Å². The molecule has 0 spiro atoms. The standard InChI is InChI=1S/C31H35NO5/c1-18(2)37-31(5)14-12-21(13-15-31)17-35-26-11-10-19(3)28-27(26)23(30(33)34)16-24(32-28)29-20(4)22-8-6-7-9-25(22)36-29/h6-11,16,18,21H,12-15,17H2,1-5H3,(H,33,34). The highest BCUT2D eigenvalue weighted by atomic mass is 16.5. The quantitative estimate of drug-likeness (QED) is 0.279. The lowest BCUT2D eigenvalue weighted by molar-refractivity contribution is -0.0970. The van der Waals surface area contributed by atoms with Crippen molar-refractivity contribution in [1.29, 1.82) is 0 Å². The Morgan fingerprint density at radius 2 is 1.89 bits per heavy atom. The van der Waals surface area contributed by atoms with Gasteiger partial charge in [0, 0.05) is 10.9 Å². The summed E-state index contributed by atoms with van der Waals surface area (Å²) in [7, 11) is 0. The Morgan fingerprint density at radius 3 is 2.57 bits per heavy atom. The van der Waals surface area contributed by atoms with Gasteiger partial charge in [-0.15, -0.1) is 0 Å². The van der Waals surface area contributed by atoms with Crippen molar-refractivity contribution in [2.75, 3.05) is 6.61 Å². The number of carbonyl (C=O) groups is 1. The first-order valence-electron chi connectivity index (χ1n) is 13.1. The van der Waals surface area contributed by atoms with E-state index in [4.69, 9.17) is 18.9 Å². The molecule has 0 amide bonds. The van der Waals surface area contributed by atoms with Gasteiger partial charge >= 0.3 is 5.97 Å². The van der Waals surface area contributed by atoms with Crippen molar-refractivity contribution in [2.24, 2.45) is 5.92 Å². The van der Waals surface area contributed by atoms with E-state index in [1.54, 1.807) is 6.07 Å². The van der Waals surface area contributed by atoms with Crippen molar-refractivity contribution in [3.8, 4) is 17.2 Å². The summed E-state index contributed by atoms with van der Waals surface area (Å²) in [5, 5.41) is 11.7. The Labute approximate surface area is 217 Å². The first kappa shape index (κ1) is 25.3. The van der Waals surface area contributed by atoms with Gasteiger partial charge in [-0.3, -0.25) is 0 Å². The first-order valence-corrected chi connectivity index (χ1v) is 13.1. The van der Waals surface area contributed by atoms with Crippen molar-refractivity contribution in [3.05, 3.63) is 59.2 Å². The van der Waals surface area contributed by atoms with E-state index in [0.29, 0.717) is 40.6 Å². The molecular weight excluding hydrogens is 466 g/mol. The summed E-state index contributed by atoms with van der Waals surface area (Å²) in [6, 6.07) is 13.2. The molecule has 5 rings (SSSR count). The fourth-order valence-electron chi connectivity index (χ4n) is 5.62. The van der Waals surface area contributed by atoms with Crippen LogP contribution in [0, 0.1) is 19.8 Å². The van der Waals surface area contributed by atoms with Gasteiger partial charge in [0.15, 0.2) is 5.76 Å². The van der Waals surface area contributed by atoms with Crippen LogP contribution < -0.4 is 4.74 Å². The van der Waals surface area contributed by atoms with E-state index in [1.807, 2.05) is 50.2 Å². The smallest absolute Gasteiger partial charge is 0.336 e. The van der Waals surface area contributed by atoms with Gasteiger partial charge in [-0.25, -0.2) is 9.78 Å². The number of aromatic carboxylic acids is 1. The molecule has 1 saturated carbocycles. The normalized spacial score (nSPS) is 20.1. The summed E-state index contributed by atoms with van der Waals surface area (Å²) in [6.45, 7) is 10.8. The number of hydrogen-bond acceptors (Lipinski definition) is 5. The van der Waals surface area contributed by atoms with Crippen LogP contribution in [0.25, 0.3) is 33.3 Å². The zero-order chi connectivity index (χ0) is 26.3. The molecule has 4 aromatic rings. The van der Waals surface area contributed by atoms with E-state index in [-0.39, 0.29) is 17.3 Å². The third-order valence-corrected chi connectivity index (χ3v) is 7.59. The predicted molar refractivity (Wildman–Crippen MR) is 145 cm³/mol. The molecule has 1 fully saturated rings. The number of carboxylic acids is 1. The minimum absolute atomic E-state index is 0.0766. The molecular formula is C31H35NO5. The molecule has 0 aliphatic heterocycles. The third kappa shape index (κ3) is 4.95. The second-order valence-corrected chi connectivity index (χ2v) is 10.9. The average molecular weight is 502 g/mol. The summed E-state index contributed by atoms with van der Waals surface area (Å²) in [5.41, 5.74) is 3.80. The van der Waals surface area contributed by atoms with Crippen LogP contribution in [-0.2, 0) is 4.74 Å². The minimum atomic E-state index is -1.02. The molecule has 1 N–H and O–H groups in total. The van der Waals surface area contributed by atoms with Gasteiger partial charge in [0.05, 0.1) is 34.8 Å². The van der Waals surface area contributed by atoms with Crippen molar-refractivity contribution in [2.45, 2.75) is 72.0 Å². The maximum Gasteiger partial charge on any atom is 0.336 e. The van der Waals surface area contributed by atoms with Crippen LogP contribution in [-0.4, -0.2) is 34.4 Å². The Kier molecular flexibility index (Phi) is 6.71. The SMILES string of the molecule is Cc1c(-c2cc(C(=O)O)c3c(OCC4CCC(C)(OC(C)C)CC4)ccc(C)c3n2)oc2ccccc12. The number of ether oxygens (including phenoxy) is 2. The molecule has 6 nitrogen and oxygen atoms in total. The molecule has 2 aromatic heterocycles. The van der Waals surface area contributed by atoms with E-state index < -0.39 is 5.97 Å². The Hall–Kier alpha value is -3.38. The number of fused-ring (bicyclic) bond motifs is 2. The first-order chi connectivity index (χ1) is 17.6. The molecule has 2 heterocycles. The van der Waals surface area contributed by atoms with Crippen molar-refractivity contribution < 1.29 is 23.8 Å². The van der Waals surface area contributed by atoms with Crippen LogP contribution in [0.15, 0.2) is 46.9 Å². The number of rotatable bonds is 7. The molecule has 1 aliphatic carbocycles. The molecule has 6 heteroatoms. The van der Waals surface area contributed by atoms with Crippen molar-refractivity contribution >= 4 is 27.8 Å². The molecule has 1 aliphatic rings. The molecule has 0 unspecified atom stereocenters. The fourth-order valence-corrected chi connectivity index (χ4v) is 5.62. The van der Waals surface area contributed by atoms with Gasteiger partial charge < -0.3 is 19.0 Å². The number of benzene rings is 2. The Morgan fingerprint density at radius 1 is 1.16 bits per heavy atom. The van der Waals surface area contributed by atoms with Gasteiger partial charge in [0.1, 0.15) is 17.0 Å².